The Kier molecular flexibility index (Phi) is 40.3. The van der Waals surface area contributed by atoms with Gasteiger partial charge in [0, 0.05) is 139 Å². The lowest BCUT2D eigenvalue weighted by molar-refractivity contribution is 0.0916. The molecule has 3 aliphatic carbocycles. The van der Waals surface area contributed by atoms with Crippen molar-refractivity contribution in [1.82, 2.24) is 49.8 Å². The molecule has 9 aromatic carbocycles. The Hall–Kier alpha value is -8.40. The van der Waals surface area contributed by atoms with Gasteiger partial charge in [-0.15, -0.1) is 0 Å². The van der Waals surface area contributed by atoms with E-state index in [2.05, 4.69) is 376 Å². The van der Waals surface area contributed by atoms with Gasteiger partial charge in [0.05, 0.1) is 0 Å². The van der Waals surface area contributed by atoms with Crippen molar-refractivity contribution >= 4 is 11.8 Å². The molecule has 12 heteroatoms. The van der Waals surface area contributed by atoms with Gasteiger partial charge in [-0.3, -0.25) is 29.2 Å². The number of carbonyl (C=O) groups is 2. The number of nitrogens with one attached hydrogen (secondary N) is 2. The molecule has 0 saturated heterocycles. The molecule has 8 heterocycles. The van der Waals surface area contributed by atoms with Crippen molar-refractivity contribution in [2.45, 2.75) is 378 Å². The van der Waals surface area contributed by atoms with Crippen molar-refractivity contribution in [3.05, 3.63) is 314 Å². The molecule has 11 aliphatic rings. The van der Waals surface area contributed by atoms with Crippen LogP contribution in [0.1, 0.15) is 397 Å². The zero-order chi connectivity index (χ0) is 100. The molecule has 8 aliphatic heterocycles. The zero-order valence-electron chi connectivity index (χ0n) is 91.9. The van der Waals surface area contributed by atoms with E-state index in [9.17, 15) is 9.59 Å². The van der Waals surface area contributed by atoms with Gasteiger partial charge in [0.1, 0.15) is 0 Å². The number of likely N-dealkylation sites (N-methyl/N-ethyl adjacent to an activating group) is 4. The highest BCUT2D eigenvalue weighted by Crippen LogP contribution is 2.38. The molecular weight excluding hydrogens is 1700 g/mol. The number of nitrogens with zero attached hydrogens (tertiary/aromatic N) is 8. The Balaban J connectivity index is 0.000000140. The summed E-state index contributed by atoms with van der Waals surface area (Å²) in [4.78, 5) is 43.2. The molecular formula is C127H184N10O2. The number of fused-ring (bicyclic) bond motifs is 9. The summed E-state index contributed by atoms with van der Waals surface area (Å²) in [7, 11) is 12.8. The van der Waals surface area contributed by atoms with Gasteiger partial charge in [0.25, 0.3) is 11.8 Å². The summed E-state index contributed by atoms with van der Waals surface area (Å²) < 4.78 is 0. The van der Waals surface area contributed by atoms with E-state index in [-0.39, 0.29) is 17.9 Å². The lowest BCUT2D eigenvalue weighted by atomic mass is 9.85. The Morgan fingerprint density at radius 2 is 0.583 bits per heavy atom. The van der Waals surface area contributed by atoms with Crippen LogP contribution in [0.3, 0.4) is 0 Å². The third kappa shape index (κ3) is 31.6. The molecule has 9 aromatic rings. The third-order valence-corrected chi connectivity index (χ3v) is 31.3. The lowest BCUT2D eigenvalue weighted by Crippen LogP contribution is -2.46. The van der Waals surface area contributed by atoms with Crippen molar-refractivity contribution < 1.29 is 9.59 Å². The van der Waals surface area contributed by atoms with E-state index in [4.69, 9.17) is 0 Å². The topological polar surface area (TPSA) is 84.1 Å². The van der Waals surface area contributed by atoms with Gasteiger partial charge in [-0.2, -0.15) is 0 Å². The van der Waals surface area contributed by atoms with E-state index in [1.165, 1.54) is 208 Å². The highest BCUT2D eigenvalue weighted by atomic mass is 16.2. The van der Waals surface area contributed by atoms with E-state index in [0.717, 1.165) is 74.0 Å². The number of carbonyl (C=O) groups excluding carboxylic acids is 2. The van der Waals surface area contributed by atoms with Gasteiger partial charge in [-0.25, -0.2) is 0 Å². The summed E-state index contributed by atoms with van der Waals surface area (Å²) in [6.07, 6.45) is 17.8. The van der Waals surface area contributed by atoms with E-state index in [1.54, 1.807) is 61.2 Å². The summed E-state index contributed by atoms with van der Waals surface area (Å²) in [5, 5.41) is 5.90. The molecule has 0 aromatic heterocycles. The van der Waals surface area contributed by atoms with E-state index in [1.807, 2.05) is 32.3 Å². The van der Waals surface area contributed by atoms with Crippen molar-refractivity contribution in [3.8, 4) is 0 Å². The van der Waals surface area contributed by atoms with Crippen LogP contribution in [-0.4, -0.2) is 175 Å². The van der Waals surface area contributed by atoms with Gasteiger partial charge in [-0.05, 0) is 364 Å². The normalized spacial score (nSPS) is 18.4. The van der Waals surface area contributed by atoms with Crippen LogP contribution in [0.4, 0.5) is 0 Å². The minimum atomic E-state index is 0.0671. The third-order valence-electron chi connectivity index (χ3n) is 31.3. The van der Waals surface area contributed by atoms with Crippen molar-refractivity contribution in [2.75, 3.05) is 88.1 Å². The second-order valence-corrected chi connectivity index (χ2v) is 46.6. The molecule has 0 spiro atoms. The van der Waals surface area contributed by atoms with Crippen LogP contribution in [0.5, 0.6) is 0 Å². The van der Waals surface area contributed by atoms with Crippen molar-refractivity contribution in [2.24, 2.45) is 0 Å². The van der Waals surface area contributed by atoms with Crippen LogP contribution in [0.2, 0.25) is 0 Å². The first kappa shape index (κ1) is 109. The second kappa shape index (κ2) is 51.2. The Labute approximate surface area is 845 Å². The van der Waals surface area contributed by atoms with Gasteiger partial charge < -0.3 is 30.2 Å². The lowest BCUT2D eigenvalue weighted by Gasteiger charge is -2.32. The average molecular weight is 1880 g/mol. The number of hydrogen-bond donors (Lipinski definition) is 2. The van der Waals surface area contributed by atoms with Gasteiger partial charge in [0.15, 0.2) is 0 Å². The highest BCUT2D eigenvalue weighted by Gasteiger charge is 2.34. The SMILES string of the molecule is CC(C)c1ccc2c(c1)C(=O)NC(CN(C)C)C2.CC(C)c1ccc2c(c1)C(=O)NC2.CC(C)c1ccc2c(c1)CC(N(C)C)CC2.CC(C)c1ccc2c(c1)CCN(C(C)C)C2.CC(C)c1ccc2c(c1)CCN(C)C2.CC(C)c1ccc2c(c1)CCN(C1CC1)C2.CC(C)c1ccc2c(c1)CN(C(C)C)CC2.CC(C)c1ccc2c(c1)CN(C)CC2.CC(C)c1ccc2c(c1)CN(C1CC1)CC2. The quantitative estimate of drug-likeness (QED) is 0.0976. The molecule has 20 rings (SSSR count). The fraction of sp³-hybridized carbons (Fsp3) is 0.559. The van der Waals surface area contributed by atoms with Crippen LogP contribution in [-0.2, 0) is 104 Å². The van der Waals surface area contributed by atoms with Crippen molar-refractivity contribution in [3.63, 3.8) is 0 Å². The Morgan fingerprint density at radius 3 is 0.986 bits per heavy atom. The number of rotatable bonds is 16. The largest absolute Gasteiger partial charge is 0.348 e. The molecule has 2 saturated carbocycles. The first-order valence-corrected chi connectivity index (χ1v) is 54.5. The maximum absolute atomic E-state index is 12.1. The first-order chi connectivity index (χ1) is 66.2. The maximum Gasteiger partial charge on any atom is 0.251 e. The van der Waals surface area contributed by atoms with Crippen LogP contribution >= 0.6 is 0 Å². The molecule has 139 heavy (non-hydrogen) atoms. The fourth-order valence-electron chi connectivity index (χ4n) is 21.0. The van der Waals surface area contributed by atoms with Crippen LogP contribution in [0, 0.1) is 0 Å². The maximum atomic E-state index is 12.1. The summed E-state index contributed by atoms with van der Waals surface area (Å²) >= 11 is 0. The number of amides is 2. The van der Waals surface area contributed by atoms with Crippen LogP contribution in [0.25, 0.3) is 0 Å². The smallest absolute Gasteiger partial charge is 0.251 e. The molecule has 0 radical (unpaired) electrons. The van der Waals surface area contributed by atoms with Gasteiger partial charge in [0.2, 0.25) is 0 Å². The van der Waals surface area contributed by atoms with E-state index in [0.29, 0.717) is 71.9 Å². The molecule has 2 atom stereocenters. The monoisotopic (exact) mass is 1880 g/mol. The first-order valence-electron chi connectivity index (χ1n) is 54.5. The minimum Gasteiger partial charge on any atom is -0.348 e. The van der Waals surface area contributed by atoms with Crippen LogP contribution in [0.15, 0.2) is 164 Å². The predicted octanol–water partition coefficient (Wildman–Crippen LogP) is 26.7. The Bertz CT molecular complexity index is 5230. The number of benzene rings is 9. The second-order valence-electron chi connectivity index (χ2n) is 46.6. The standard InChI is InChI=1S/C15H22N2O.2C15H21N.3C15H23N.2C13H19N.C11H13NO/c1-10(2)11-5-6-12-7-13(9-17(3)4)16-15(18)14(12)8-11;1-11(2)12-3-4-14-10-16(15-5-6-15)8-7-13(14)9-12;1-11(2)13-4-3-12-7-8-16(15-5-6-15)10-14(12)9-13;1-11(2)13-6-5-12-7-8-15(16(3)4)10-14(12)9-13;1-11(2)13-5-6-15-10-16(12(3)4)8-7-14(15)9-13;1-11(2)14-6-5-13-7-8-16(12(3)4)10-15(13)9-14;1-10(2)11-4-5-13-9-14(3)7-6-12(13)8-11;1-10(2)12-5-4-11-6-7-14(3)9-13(11)8-12;1-7(2)8-3-4-9-6-12-11(13)10(9)5-8/h5-6,8,10,13H,7,9H2,1-4H3,(H,16,18);2*3-4,9,11,15H,5-8,10H2,1-2H3;5-6,9,11,15H,7-8,10H2,1-4H3;2*5-6,9,11-12H,7-8,10H2,1-4H3;2*4-5,8,10H,6-7,9H2,1-3H3;3-5,7H,6H2,1-2H3,(H,12,13). The molecule has 2 unspecified atom stereocenters. The Morgan fingerprint density at radius 1 is 0.288 bits per heavy atom. The van der Waals surface area contributed by atoms with E-state index < -0.39 is 0 Å². The fourth-order valence-corrected chi connectivity index (χ4v) is 21.0. The zero-order valence-corrected chi connectivity index (χ0v) is 91.9. The molecule has 754 valence electrons. The molecule has 2 N–H and O–H groups in total. The van der Waals surface area contributed by atoms with E-state index >= 15 is 0 Å². The van der Waals surface area contributed by atoms with Crippen LogP contribution < -0.4 is 10.6 Å². The summed E-state index contributed by atoms with van der Waals surface area (Å²) in [6.45, 7) is 65.3. The average Bonchev–Trinajstić information content (AvgIpc) is 1.66. The van der Waals surface area contributed by atoms with Gasteiger partial charge in [-0.1, -0.05) is 276 Å². The molecule has 2 fully saturated rings. The molecule has 0 bridgehead atoms. The number of hydrogen-bond acceptors (Lipinski definition) is 10. The van der Waals surface area contributed by atoms with Gasteiger partial charge >= 0.3 is 0 Å². The number of aryl methyl sites for hydroxylation is 1. The summed E-state index contributed by atoms with van der Waals surface area (Å²) in [5.41, 5.74) is 38.7. The summed E-state index contributed by atoms with van der Waals surface area (Å²) in [6, 6.07) is 65.9. The van der Waals surface area contributed by atoms with Crippen molar-refractivity contribution in [1.29, 1.82) is 0 Å². The highest BCUT2D eigenvalue weighted by molar-refractivity contribution is 5.98. The molecule has 2 amide bonds. The molecule has 12 nitrogen and oxygen atoms in total. The minimum absolute atomic E-state index is 0.0671. The predicted molar refractivity (Wildman–Crippen MR) is 592 cm³/mol. The summed E-state index contributed by atoms with van der Waals surface area (Å²) in [5.74, 6) is 5.63.